The molecule has 1 aromatic heterocycles. The Kier molecular flexibility index (Phi) is 3.79. The van der Waals surface area contributed by atoms with Gasteiger partial charge in [-0.05, 0) is 27.4 Å². The predicted molar refractivity (Wildman–Crippen MR) is 68.0 cm³/mol. The van der Waals surface area contributed by atoms with Crippen LogP contribution in [0.2, 0.25) is 0 Å². The third-order valence-electron chi connectivity index (χ3n) is 2.65. The van der Waals surface area contributed by atoms with E-state index < -0.39 is 28.1 Å². The van der Waals surface area contributed by atoms with Gasteiger partial charge in [-0.2, -0.15) is 4.31 Å². The predicted octanol–water partition coefficient (Wildman–Crippen LogP) is 0.719. The number of carboxylic acid groups (broad SMARTS) is 1. The maximum absolute atomic E-state index is 12.3. The molecule has 2 heterocycles. The van der Waals surface area contributed by atoms with Crippen molar-refractivity contribution in [1.29, 1.82) is 0 Å². The molecule has 0 spiro atoms. The molecule has 2 rings (SSSR count). The lowest BCUT2D eigenvalue weighted by atomic mass is 10.2. The topological polar surface area (TPSA) is 94.9 Å². The minimum absolute atomic E-state index is 0.0582. The molecule has 2 unspecified atom stereocenters. The molecule has 1 aromatic rings. The van der Waals surface area contributed by atoms with Crippen molar-refractivity contribution in [2.45, 2.75) is 22.8 Å². The van der Waals surface area contributed by atoms with Gasteiger partial charge in [0.15, 0.2) is 0 Å². The molecule has 2 N–H and O–H groups in total. The second-order valence-corrected chi connectivity index (χ2v) is 7.73. The zero-order chi connectivity index (χ0) is 13.5. The van der Waals surface area contributed by atoms with E-state index in [1.54, 1.807) is 11.4 Å². The second kappa shape index (κ2) is 4.89. The summed E-state index contributed by atoms with van der Waals surface area (Å²) < 4.78 is 25.9. The fraction of sp³-hybridized carbons (Fsp3) is 0.444. The number of sulfonamides is 1. The first-order valence-electron chi connectivity index (χ1n) is 4.99. The van der Waals surface area contributed by atoms with Gasteiger partial charge in [-0.3, -0.25) is 4.79 Å². The molecule has 2 atom stereocenters. The van der Waals surface area contributed by atoms with E-state index in [1.165, 1.54) is 0 Å². The molecule has 1 saturated heterocycles. The maximum atomic E-state index is 12.3. The first-order valence-corrected chi connectivity index (χ1v) is 8.11. The molecule has 1 aliphatic rings. The minimum atomic E-state index is -3.89. The highest BCUT2D eigenvalue weighted by molar-refractivity contribution is 9.10. The molecule has 9 heteroatoms. The van der Waals surface area contributed by atoms with Crippen LogP contribution in [0.3, 0.4) is 0 Å². The van der Waals surface area contributed by atoms with Crippen molar-refractivity contribution in [1.82, 2.24) is 4.31 Å². The Balaban J connectivity index is 2.41. The Labute approximate surface area is 116 Å². The normalized spacial score (nSPS) is 25.4. The Morgan fingerprint density at radius 2 is 2.22 bits per heavy atom. The standard InChI is InChI=1S/C9H10BrNO5S2/c10-6-1-2-17-9(6)18(15,16)11-4-5(12)3-7(11)8(13)14/h1-2,5,7,12H,3-4H2,(H,13,14). The molecule has 0 bridgehead atoms. The highest BCUT2D eigenvalue weighted by Crippen LogP contribution is 2.34. The SMILES string of the molecule is O=C(O)C1CC(O)CN1S(=O)(=O)c1sccc1Br. The van der Waals surface area contributed by atoms with Crippen molar-refractivity contribution in [3.8, 4) is 0 Å². The molecule has 0 amide bonds. The number of carboxylic acids is 1. The van der Waals surface area contributed by atoms with E-state index in [0.29, 0.717) is 4.47 Å². The Bertz CT molecular complexity index is 569. The third kappa shape index (κ3) is 2.32. The van der Waals surface area contributed by atoms with Gasteiger partial charge in [0.05, 0.1) is 6.10 Å². The number of aliphatic hydroxyl groups is 1. The van der Waals surface area contributed by atoms with Crippen LogP contribution in [-0.4, -0.2) is 47.6 Å². The number of hydrogen-bond acceptors (Lipinski definition) is 5. The number of halogens is 1. The van der Waals surface area contributed by atoms with E-state index in [1.807, 2.05) is 0 Å². The quantitative estimate of drug-likeness (QED) is 0.832. The number of β-amino-alcohol motifs (C(OH)–C–C–N with tert-alkyl or cyclic N) is 1. The fourth-order valence-corrected chi connectivity index (χ4v) is 5.90. The number of rotatable bonds is 3. The van der Waals surface area contributed by atoms with E-state index in [9.17, 15) is 18.3 Å². The summed E-state index contributed by atoms with van der Waals surface area (Å²) in [4.78, 5) is 11.0. The van der Waals surface area contributed by atoms with Gasteiger partial charge in [-0.1, -0.05) is 0 Å². The zero-order valence-electron chi connectivity index (χ0n) is 8.98. The summed E-state index contributed by atoms with van der Waals surface area (Å²) in [5, 5.41) is 20.1. The number of aliphatic carboxylic acids is 1. The van der Waals surface area contributed by atoms with Crippen LogP contribution in [0, 0.1) is 0 Å². The molecular weight excluding hydrogens is 346 g/mol. The molecule has 1 aliphatic heterocycles. The summed E-state index contributed by atoms with van der Waals surface area (Å²) >= 11 is 4.12. The summed E-state index contributed by atoms with van der Waals surface area (Å²) in [6, 6.07) is 0.374. The molecule has 0 radical (unpaired) electrons. The zero-order valence-corrected chi connectivity index (χ0v) is 12.2. The lowest BCUT2D eigenvalue weighted by Gasteiger charge is -2.19. The van der Waals surface area contributed by atoms with E-state index in [-0.39, 0.29) is 17.2 Å². The van der Waals surface area contributed by atoms with Crippen molar-refractivity contribution < 1.29 is 23.4 Å². The Hall–Kier alpha value is -0.480. The minimum Gasteiger partial charge on any atom is -0.480 e. The van der Waals surface area contributed by atoms with Crippen LogP contribution in [0.15, 0.2) is 20.1 Å². The fourth-order valence-electron chi connectivity index (χ4n) is 1.84. The van der Waals surface area contributed by atoms with Gasteiger partial charge >= 0.3 is 5.97 Å². The van der Waals surface area contributed by atoms with Gasteiger partial charge in [0.1, 0.15) is 10.3 Å². The van der Waals surface area contributed by atoms with Crippen molar-refractivity contribution in [2.24, 2.45) is 0 Å². The smallest absolute Gasteiger partial charge is 0.322 e. The summed E-state index contributed by atoms with van der Waals surface area (Å²) in [6.07, 6.45) is -1.03. The highest BCUT2D eigenvalue weighted by atomic mass is 79.9. The van der Waals surface area contributed by atoms with Crippen LogP contribution in [0.5, 0.6) is 0 Å². The number of thiophene rings is 1. The van der Waals surface area contributed by atoms with E-state index in [0.717, 1.165) is 15.6 Å². The number of nitrogens with zero attached hydrogens (tertiary/aromatic N) is 1. The molecule has 0 saturated carbocycles. The van der Waals surface area contributed by atoms with Gasteiger partial charge in [0.2, 0.25) is 0 Å². The summed E-state index contributed by atoms with van der Waals surface area (Å²) in [5.41, 5.74) is 0. The summed E-state index contributed by atoms with van der Waals surface area (Å²) in [5.74, 6) is -1.25. The van der Waals surface area contributed by atoms with Crippen molar-refractivity contribution in [2.75, 3.05) is 6.54 Å². The van der Waals surface area contributed by atoms with Gasteiger partial charge in [-0.25, -0.2) is 8.42 Å². The van der Waals surface area contributed by atoms with Crippen LogP contribution in [0.4, 0.5) is 0 Å². The van der Waals surface area contributed by atoms with Crippen molar-refractivity contribution >= 4 is 43.3 Å². The Morgan fingerprint density at radius 3 is 2.72 bits per heavy atom. The Morgan fingerprint density at radius 1 is 1.56 bits per heavy atom. The third-order valence-corrected chi connectivity index (χ3v) is 7.17. The average Bonchev–Trinajstić information content (AvgIpc) is 2.84. The number of carbonyl (C=O) groups is 1. The molecule has 0 aliphatic carbocycles. The lowest BCUT2D eigenvalue weighted by molar-refractivity contribution is -0.140. The van der Waals surface area contributed by atoms with E-state index >= 15 is 0 Å². The first-order chi connectivity index (χ1) is 8.34. The van der Waals surface area contributed by atoms with Crippen LogP contribution in [0.1, 0.15) is 6.42 Å². The van der Waals surface area contributed by atoms with E-state index in [4.69, 9.17) is 5.11 Å². The van der Waals surface area contributed by atoms with Crippen LogP contribution < -0.4 is 0 Å². The van der Waals surface area contributed by atoms with Gasteiger partial charge in [0, 0.05) is 17.4 Å². The first kappa shape index (κ1) is 13.9. The number of hydrogen-bond donors (Lipinski definition) is 2. The van der Waals surface area contributed by atoms with E-state index in [2.05, 4.69) is 15.9 Å². The molecule has 100 valence electrons. The lowest BCUT2D eigenvalue weighted by Crippen LogP contribution is -2.40. The summed E-state index contributed by atoms with van der Waals surface area (Å²) in [6.45, 7) is -0.191. The van der Waals surface area contributed by atoms with Gasteiger partial charge in [-0.15, -0.1) is 11.3 Å². The number of aliphatic hydroxyl groups excluding tert-OH is 1. The van der Waals surface area contributed by atoms with Gasteiger partial charge < -0.3 is 10.2 Å². The molecule has 6 nitrogen and oxygen atoms in total. The second-order valence-electron chi connectivity index (χ2n) is 3.87. The van der Waals surface area contributed by atoms with Crippen LogP contribution >= 0.6 is 27.3 Å². The van der Waals surface area contributed by atoms with Crippen LogP contribution in [0.25, 0.3) is 0 Å². The highest BCUT2D eigenvalue weighted by Gasteiger charge is 2.44. The molecular formula is C9H10BrNO5S2. The molecule has 1 fully saturated rings. The van der Waals surface area contributed by atoms with Crippen LogP contribution in [-0.2, 0) is 14.8 Å². The average molecular weight is 356 g/mol. The molecule has 18 heavy (non-hydrogen) atoms. The van der Waals surface area contributed by atoms with Crippen molar-refractivity contribution in [3.63, 3.8) is 0 Å². The monoisotopic (exact) mass is 355 g/mol. The maximum Gasteiger partial charge on any atom is 0.322 e. The summed E-state index contributed by atoms with van der Waals surface area (Å²) in [7, 11) is -3.89. The largest absolute Gasteiger partial charge is 0.480 e. The van der Waals surface area contributed by atoms with Gasteiger partial charge in [0.25, 0.3) is 10.0 Å². The van der Waals surface area contributed by atoms with Crippen molar-refractivity contribution in [3.05, 3.63) is 15.9 Å². The molecule has 0 aromatic carbocycles.